The van der Waals surface area contributed by atoms with E-state index in [1.165, 1.54) is 0 Å². The molecule has 0 fully saturated rings. The number of hydrogen-bond donors (Lipinski definition) is 3. The van der Waals surface area contributed by atoms with E-state index in [4.69, 9.17) is 5.84 Å². The highest BCUT2D eigenvalue weighted by molar-refractivity contribution is 5.94. The maximum Gasteiger partial charge on any atom is 0.251 e. The molecule has 0 spiro atoms. The lowest BCUT2D eigenvalue weighted by Gasteiger charge is -2.20. The Labute approximate surface area is 120 Å². The molecule has 1 rings (SSSR count). The summed E-state index contributed by atoms with van der Waals surface area (Å²) in [5.74, 6) is 5.65. The summed E-state index contributed by atoms with van der Waals surface area (Å²) in [7, 11) is 2.11. The van der Waals surface area contributed by atoms with Gasteiger partial charge in [0.1, 0.15) is 5.82 Å². The summed E-state index contributed by atoms with van der Waals surface area (Å²) in [6.45, 7) is 6.07. The Balaban J connectivity index is 2.26. The highest BCUT2D eigenvalue weighted by Crippen LogP contribution is 2.05. The molecular weight excluding hydrogens is 254 g/mol. The van der Waals surface area contributed by atoms with Gasteiger partial charge in [-0.3, -0.25) is 4.79 Å². The van der Waals surface area contributed by atoms with Gasteiger partial charge in [0, 0.05) is 24.3 Å². The lowest BCUT2D eigenvalue weighted by Crippen LogP contribution is -2.29. The summed E-state index contributed by atoms with van der Waals surface area (Å²) in [5.41, 5.74) is 2.99. The molecular formula is C14H25N5O. The zero-order chi connectivity index (χ0) is 15.0. The van der Waals surface area contributed by atoms with Crippen LogP contribution in [0, 0.1) is 0 Å². The molecule has 1 amide bonds. The lowest BCUT2D eigenvalue weighted by molar-refractivity contribution is 0.0952. The zero-order valence-corrected chi connectivity index (χ0v) is 12.5. The summed E-state index contributed by atoms with van der Waals surface area (Å²) in [4.78, 5) is 18.2. The van der Waals surface area contributed by atoms with Crippen molar-refractivity contribution in [3.05, 3.63) is 23.9 Å². The molecule has 6 nitrogen and oxygen atoms in total. The molecule has 1 heterocycles. The first-order valence-corrected chi connectivity index (χ1v) is 6.95. The molecule has 4 N–H and O–H groups in total. The lowest BCUT2D eigenvalue weighted by atomic mass is 10.2. The maximum absolute atomic E-state index is 11.9. The third-order valence-corrected chi connectivity index (χ3v) is 3.27. The number of carbonyl (C=O) groups is 1. The van der Waals surface area contributed by atoms with E-state index in [1.807, 2.05) is 0 Å². The van der Waals surface area contributed by atoms with Crippen molar-refractivity contribution in [2.45, 2.75) is 32.7 Å². The summed E-state index contributed by atoms with van der Waals surface area (Å²) >= 11 is 0. The largest absolute Gasteiger partial charge is 0.352 e. The Hall–Kier alpha value is -1.66. The van der Waals surface area contributed by atoms with Gasteiger partial charge in [-0.15, -0.1) is 0 Å². The van der Waals surface area contributed by atoms with Gasteiger partial charge in [-0.25, -0.2) is 10.8 Å². The van der Waals surface area contributed by atoms with Gasteiger partial charge in [0.15, 0.2) is 0 Å². The van der Waals surface area contributed by atoms with Gasteiger partial charge >= 0.3 is 0 Å². The van der Waals surface area contributed by atoms with Gasteiger partial charge in [0.05, 0.1) is 0 Å². The number of rotatable bonds is 8. The zero-order valence-electron chi connectivity index (χ0n) is 12.5. The van der Waals surface area contributed by atoms with Crippen molar-refractivity contribution < 1.29 is 4.79 Å². The van der Waals surface area contributed by atoms with Crippen LogP contribution < -0.4 is 16.6 Å². The van der Waals surface area contributed by atoms with Crippen molar-refractivity contribution in [3.8, 4) is 0 Å². The molecule has 6 heteroatoms. The first kappa shape index (κ1) is 16.4. The third-order valence-electron chi connectivity index (χ3n) is 3.27. The first-order chi connectivity index (χ1) is 9.54. The SMILES string of the molecule is CC(C)N(C)CCCCNC(=O)c1ccnc(NN)c1. The average molecular weight is 279 g/mol. The summed E-state index contributed by atoms with van der Waals surface area (Å²) in [6, 6.07) is 3.86. The fraction of sp³-hybridized carbons (Fsp3) is 0.571. The van der Waals surface area contributed by atoms with Crippen LogP contribution in [0.2, 0.25) is 0 Å². The van der Waals surface area contributed by atoms with Crippen LogP contribution in [0.25, 0.3) is 0 Å². The van der Waals surface area contributed by atoms with Crippen LogP contribution in [0.15, 0.2) is 18.3 Å². The molecule has 1 aromatic heterocycles. The Morgan fingerprint density at radius 3 is 2.85 bits per heavy atom. The molecule has 0 aliphatic heterocycles. The maximum atomic E-state index is 11.9. The molecule has 20 heavy (non-hydrogen) atoms. The molecule has 1 aromatic rings. The predicted octanol–water partition coefficient (Wildman–Crippen LogP) is 1.22. The number of hydrogen-bond acceptors (Lipinski definition) is 5. The summed E-state index contributed by atoms with van der Waals surface area (Å²) in [6.07, 6.45) is 3.60. The quantitative estimate of drug-likeness (QED) is 0.378. The highest BCUT2D eigenvalue weighted by atomic mass is 16.1. The Kier molecular flexibility index (Phi) is 6.97. The van der Waals surface area contributed by atoms with Crippen LogP contribution in [0.1, 0.15) is 37.0 Å². The van der Waals surface area contributed by atoms with E-state index in [-0.39, 0.29) is 5.91 Å². The molecule has 0 unspecified atom stereocenters. The monoisotopic (exact) mass is 279 g/mol. The molecule has 0 radical (unpaired) electrons. The van der Waals surface area contributed by atoms with Crippen LogP contribution in [0.3, 0.4) is 0 Å². The van der Waals surface area contributed by atoms with Crippen molar-refractivity contribution in [1.29, 1.82) is 0 Å². The van der Waals surface area contributed by atoms with E-state index < -0.39 is 0 Å². The van der Waals surface area contributed by atoms with Crippen molar-refractivity contribution in [2.24, 2.45) is 5.84 Å². The van der Waals surface area contributed by atoms with Crippen LogP contribution in [-0.4, -0.2) is 42.0 Å². The third kappa shape index (κ3) is 5.54. The number of nitrogens with zero attached hydrogens (tertiary/aromatic N) is 2. The van der Waals surface area contributed by atoms with Crippen molar-refractivity contribution >= 4 is 11.7 Å². The number of anilines is 1. The number of carbonyl (C=O) groups excluding carboxylic acids is 1. The molecule has 0 aromatic carbocycles. The second-order valence-corrected chi connectivity index (χ2v) is 5.11. The smallest absolute Gasteiger partial charge is 0.251 e. The highest BCUT2D eigenvalue weighted by Gasteiger charge is 2.06. The van der Waals surface area contributed by atoms with E-state index in [2.05, 4.69) is 41.5 Å². The fourth-order valence-corrected chi connectivity index (χ4v) is 1.70. The van der Waals surface area contributed by atoms with Gasteiger partial charge in [-0.05, 0) is 52.4 Å². The van der Waals surface area contributed by atoms with E-state index >= 15 is 0 Å². The number of nitrogen functional groups attached to an aromatic ring is 1. The van der Waals surface area contributed by atoms with Gasteiger partial charge < -0.3 is 15.6 Å². The van der Waals surface area contributed by atoms with Crippen LogP contribution >= 0.6 is 0 Å². The number of amides is 1. The minimum atomic E-state index is -0.0962. The number of pyridine rings is 1. The molecule has 0 saturated heterocycles. The van der Waals surface area contributed by atoms with Gasteiger partial charge in [-0.1, -0.05) is 0 Å². The van der Waals surface area contributed by atoms with Gasteiger partial charge in [0.25, 0.3) is 5.91 Å². The molecule has 0 aliphatic carbocycles. The number of hydrazine groups is 1. The molecule has 0 saturated carbocycles. The predicted molar refractivity (Wildman–Crippen MR) is 81.4 cm³/mol. The Bertz CT molecular complexity index is 422. The minimum Gasteiger partial charge on any atom is -0.352 e. The standard InChI is InChI=1S/C14H25N5O/c1-11(2)19(3)9-5-4-7-17-14(20)12-6-8-16-13(10-12)18-15/h6,8,10-11H,4-5,7,9,15H2,1-3H3,(H,16,18)(H,17,20). The number of nitrogens with one attached hydrogen (secondary N) is 2. The number of unbranched alkanes of at least 4 members (excludes halogenated alkanes) is 1. The van der Waals surface area contributed by atoms with E-state index in [1.54, 1.807) is 18.3 Å². The Morgan fingerprint density at radius 1 is 1.45 bits per heavy atom. The van der Waals surface area contributed by atoms with E-state index in [0.717, 1.165) is 19.4 Å². The Morgan fingerprint density at radius 2 is 2.20 bits per heavy atom. The molecule has 112 valence electrons. The van der Waals surface area contributed by atoms with Crippen LogP contribution in [-0.2, 0) is 0 Å². The summed E-state index contributed by atoms with van der Waals surface area (Å²) in [5, 5.41) is 2.90. The second kappa shape index (κ2) is 8.50. The van der Waals surface area contributed by atoms with Crippen molar-refractivity contribution in [1.82, 2.24) is 15.2 Å². The van der Waals surface area contributed by atoms with Gasteiger partial charge in [0.2, 0.25) is 0 Å². The van der Waals surface area contributed by atoms with Crippen LogP contribution in [0.4, 0.5) is 5.82 Å². The molecule has 0 aliphatic rings. The van der Waals surface area contributed by atoms with E-state index in [0.29, 0.717) is 24.0 Å². The molecule has 0 bridgehead atoms. The number of nitrogens with two attached hydrogens (primary N) is 1. The molecule has 0 atom stereocenters. The number of aromatic nitrogens is 1. The minimum absolute atomic E-state index is 0.0962. The summed E-state index contributed by atoms with van der Waals surface area (Å²) < 4.78 is 0. The van der Waals surface area contributed by atoms with Crippen molar-refractivity contribution in [2.75, 3.05) is 25.6 Å². The van der Waals surface area contributed by atoms with E-state index in [9.17, 15) is 4.79 Å². The van der Waals surface area contributed by atoms with Crippen LogP contribution in [0.5, 0.6) is 0 Å². The first-order valence-electron chi connectivity index (χ1n) is 6.95. The van der Waals surface area contributed by atoms with Gasteiger partial charge in [-0.2, -0.15) is 0 Å². The fourth-order valence-electron chi connectivity index (χ4n) is 1.70. The second-order valence-electron chi connectivity index (χ2n) is 5.11. The average Bonchev–Trinajstić information content (AvgIpc) is 2.46. The normalized spacial score (nSPS) is 10.9. The topological polar surface area (TPSA) is 83.3 Å². The van der Waals surface area contributed by atoms with Crippen molar-refractivity contribution in [3.63, 3.8) is 0 Å².